The number of rotatable bonds is 1. The maximum atomic E-state index is 2.24. The van der Waals surface area contributed by atoms with Crippen LogP contribution in [0, 0.1) is 11.8 Å². The summed E-state index contributed by atoms with van der Waals surface area (Å²) in [6.07, 6.45) is 1.25. The van der Waals surface area contributed by atoms with Crippen molar-refractivity contribution in [1.82, 2.24) is 0 Å². The molecule has 0 aromatic carbocycles. The zero-order valence-corrected chi connectivity index (χ0v) is 9.86. The van der Waals surface area contributed by atoms with E-state index >= 15 is 0 Å². The fraction of sp³-hybridized carbons (Fsp3) is 1.00. The van der Waals surface area contributed by atoms with Crippen LogP contribution in [-0.2, 0) is 0 Å². The first kappa shape index (κ1) is 17.2. The smallest absolute Gasteiger partial charge is 0.0448 e. The van der Waals surface area contributed by atoms with Gasteiger partial charge < -0.3 is 0 Å². The Kier molecular flexibility index (Phi) is 25.8. The molecule has 0 atom stereocenters. The lowest BCUT2D eigenvalue weighted by Crippen LogP contribution is -1.95. The second kappa shape index (κ2) is 16.5. The van der Waals surface area contributed by atoms with Gasteiger partial charge in [-0.3, -0.25) is 0 Å². The van der Waals surface area contributed by atoms with Gasteiger partial charge in [0.05, 0.1) is 0 Å². The van der Waals surface area contributed by atoms with Crippen LogP contribution in [-0.4, -0.2) is 0 Å². The van der Waals surface area contributed by atoms with Crippen LogP contribution in [0.1, 0.15) is 61.8 Å². The van der Waals surface area contributed by atoms with Crippen molar-refractivity contribution in [2.24, 2.45) is 11.8 Å². The Morgan fingerprint density at radius 1 is 0.727 bits per heavy atom. The van der Waals surface area contributed by atoms with Crippen LogP contribution in [0.3, 0.4) is 0 Å². The van der Waals surface area contributed by atoms with Gasteiger partial charge in [-0.2, -0.15) is 0 Å². The van der Waals surface area contributed by atoms with Crippen molar-refractivity contribution < 1.29 is 0 Å². The maximum absolute atomic E-state index is 2.24. The maximum Gasteiger partial charge on any atom is -0.0448 e. The van der Waals surface area contributed by atoms with Gasteiger partial charge in [0.25, 0.3) is 0 Å². The molecular weight excluding hydrogens is 132 g/mol. The summed E-state index contributed by atoms with van der Waals surface area (Å²) in [5.41, 5.74) is 0. The molecule has 0 rings (SSSR count). The minimum atomic E-state index is 0.852. The highest BCUT2D eigenvalue weighted by Crippen LogP contribution is 2.05. The van der Waals surface area contributed by atoms with E-state index < -0.39 is 0 Å². The summed E-state index contributed by atoms with van der Waals surface area (Å²) in [5.74, 6) is 1.70. The molecule has 0 spiro atoms. The summed E-state index contributed by atoms with van der Waals surface area (Å²) >= 11 is 0. The average Bonchev–Trinajstić information content (AvgIpc) is 1.93. The van der Waals surface area contributed by atoms with Gasteiger partial charge in [0.2, 0.25) is 0 Å². The lowest BCUT2D eigenvalue weighted by Gasteiger charge is -2.05. The van der Waals surface area contributed by atoms with Gasteiger partial charge in [0.1, 0.15) is 0 Å². The van der Waals surface area contributed by atoms with E-state index in [2.05, 4.69) is 41.5 Å². The highest BCUT2D eigenvalue weighted by Gasteiger charge is 1.95. The molecule has 0 heterocycles. The van der Waals surface area contributed by atoms with Gasteiger partial charge in [-0.1, -0.05) is 61.8 Å². The highest BCUT2D eigenvalue weighted by atomic mass is 14.0. The first-order chi connectivity index (χ1) is 5.06. The van der Waals surface area contributed by atoms with E-state index in [1.807, 2.05) is 13.8 Å². The lowest BCUT2D eigenvalue weighted by molar-refractivity contribution is 0.457. The van der Waals surface area contributed by atoms with Gasteiger partial charge in [-0.25, -0.2) is 0 Å². The zero-order valence-electron chi connectivity index (χ0n) is 9.86. The highest BCUT2D eigenvalue weighted by molar-refractivity contribution is 4.46. The van der Waals surface area contributed by atoms with Crippen LogP contribution >= 0.6 is 0 Å². The molecule has 0 heteroatoms. The summed E-state index contributed by atoms with van der Waals surface area (Å²) in [7, 11) is 0. The van der Waals surface area contributed by atoms with Crippen molar-refractivity contribution in [3.63, 3.8) is 0 Å². The quantitative estimate of drug-likeness (QED) is 0.519. The molecule has 0 aromatic heterocycles. The van der Waals surface area contributed by atoms with E-state index in [9.17, 15) is 0 Å². The number of hydrogen-bond donors (Lipinski definition) is 0. The Hall–Kier alpha value is 0. The molecule has 11 heavy (non-hydrogen) atoms. The third-order valence-corrected chi connectivity index (χ3v) is 1.33. The van der Waals surface area contributed by atoms with Gasteiger partial charge in [-0.15, -0.1) is 0 Å². The normalized spacial score (nSPS) is 8.18. The van der Waals surface area contributed by atoms with Crippen LogP contribution in [0.2, 0.25) is 0 Å². The second-order valence-electron chi connectivity index (χ2n) is 3.20. The molecule has 0 amide bonds. The van der Waals surface area contributed by atoms with Crippen molar-refractivity contribution in [2.75, 3.05) is 0 Å². The van der Waals surface area contributed by atoms with E-state index in [0.29, 0.717) is 0 Å². The third-order valence-electron chi connectivity index (χ3n) is 1.33. The Balaban J connectivity index is -0.000000109. The van der Waals surface area contributed by atoms with E-state index in [1.54, 1.807) is 0 Å². The molecular formula is C11H28. The average molecular weight is 160 g/mol. The van der Waals surface area contributed by atoms with Gasteiger partial charge >= 0.3 is 0 Å². The molecule has 0 unspecified atom stereocenters. The largest absolute Gasteiger partial charge is 0.0683 e. The first-order valence-corrected chi connectivity index (χ1v) is 5.06. The minimum Gasteiger partial charge on any atom is -0.0683 e. The molecule has 0 fully saturated rings. The van der Waals surface area contributed by atoms with Crippen LogP contribution in [0.5, 0.6) is 0 Å². The minimum absolute atomic E-state index is 0.852. The summed E-state index contributed by atoms with van der Waals surface area (Å²) in [5, 5.41) is 0. The molecule has 0 saturated carbocycles. The molecule has 72 valence electrons. The molecule has 0 aromatic rings. The van der Waals surface area contributed by atoms with Crippen molar-refractivity contribution in [3.05, 3.63) is 0 Å². The first-order valence-electron chi connectivity index (χ1n) is 5.06. The standard InChI is InChI=1S/C6H14.C3H8.C2H6/c1-5(2)6(3)4;1-3-2;1-2/h5-6H,1-4H3;3H2,1-2H3;1-2H3. The van der Waals surface area contributed by atoms with Crippen molar-refractivity contribution in [2.45, 2.75) is 61.8 Å². The fourth-order valence-electron chi connectivity index (χ4n) is 0. The van der Waals surface area contributed by atoms with Crippen molar-refractivity contribution in [1.29, 1.82) is 0 Å². The van der Waals surface area contributed by atoms with Crippen LogP contribution in [0.25, 0.3) is 0 Å². The molecule has 0 radical (unpaired) electrons. The van der Waals surface area contributed by atoms with E-state index in [4.69, 9.17) is 0 Å². The molecule has 0 aliphatic rings. The Morgan fingerprint density at radius 3 is 0.818 bits per heavy atom. The summed E-state index contributed by atoms with van der Waals surface area (Å²) in [6, 6.07) is 0. The van der Waals surface area contributed by atoms with Crippen LogP contribution in [0.15, 0.2) is 0 Å². The van der Waals surface area contributed by atoms with E-state index in [0.717, 1.165) is 11.8 Å². The Labute approximate surface area is 74.4 Å². The monoisotopic (exact) mass is 160 g/mol. The molecule has 0 aliphatic heterocycles. The van der Waals surface area contributed by atoms with E-state index in [1.165, 1.54) is 6.42 Å². The molecule has 0 N–H and O–H groups in total. The van der Waals surface area contributed by atoms with Gasteiger partial charge in [0.15, 0.2) is 0 Å². The van der Waals surface area contributed by atoms with Crippen LogP contribution in [0.4, 0.5) is 0 Å². The molecule has 0 bridgehead atoms. The van der Waals surface area contributed by atoms with Crippen molar-refractivity contribution in [3.8, 4) is 0 Å². The summed E-state index contributed by atoms with van der Waals surface area (Å²) in [6.45, 7) is 17.2. The Bertz CT molecular complexity index is 29.3. The molecule has 0 nitrogen and oxygen atoms in total. The predicted molar refractivity (Wildman–Crippen MR) is 57.0 cm³/mol. The zero-order chi connectivity index (χ0) is 9.86. The fourth-order valence-corrected chi connectivity index (χ4v) is 0. The predicted octanol–water partition coefficient (Wildman–Crippen LogP) is 4.74. The SMILES string of the molecule is CC.CC(C)C(C)C.CCC. The van der Waals surface area contributed by atoms with Crippen LogP contribution < -0.4 is 0 Å². The summed E-state index contributed by atoms with van der Waals surface area (Å²) in [4.78, 5) is 0. The molecule has 0 aliphatic carbocycles. The second-order valence-corrected chi connectivity index (χ2v) is 3.20. The lowest BCUT2D eigenvalue weighted by atomic mass is 10.0. The topological polar surface area (TPSA) is 0 Å². The number of hydrogen-bond acceptors (Lipinski definition) is 0. The summed E-state index contributed by atoms with van der Waals surface area (Å²) < 4.78 is 0. The van der Waals surface area contributed by atoms with Crippen molar-refractivity contribution >= 4 is 0 Å². The van der Waals surface area contributed by atoms with Gasteiger partial charge in [-0.05, 0) is 11.8 Å². The van der Waals surface area contributed by atoms with E-state index in [-0.39, 0.29) is 0 Å². The Morgan fingerprint density at radius 2 is 0.818 bits per heavy atom. The van der Waals surface area contributed by atoms with Gasteiger partial charge in [0, 0.05) is 0 Å². The molecule has 0 saturated heterocycles. The third kappa shape index (κ3) is 40.0.